The molecule has 0 atom stereocenters. The molecule has 0 rings (SSSR count). The Morgan fingerprint density at radius 2 is 0.429 bits per heavy atom. The summed E-state index contributed by atoms with van der Waals surface area (Å²) in [6, 6.07) is 0. The molecule has 0 saturated carbocycles. The topological polar surface area (TPSA) is 456 Å². The molecule has 0 aromatic carbocycles. The first kappa shape index (κ1) is 236. The average molecular weight is 410 g/mol. The van der Waals surface area contributed by atoms with E-state index in [1.165, 1.54) is 0 Å². The fourth-order valence-corrected chi connectivity index (χ4v) is 0. The van der Waals surface area contributed by atoms with Gasteiger partial charge in [-0.05, 0) is 0 Å². The molecule has 136 valence electrons. The molecule has 0 heterocycles. The largest absolute Gasteiger partial charge is 1.00 e. The van der Waals surface area contributed by atoms with Crippen molar-refractivity contribution in [3.8, 4) is 0 Å². The average Bonchev–Trinajstić information content (AvgIpc) is 0.722. The van der Waals surface area contributed by atoms with Gasteiger partial charge >= 0.3 is 126 Å². The van der Waals surface area contributed by atoms with Crippen LogP contribution in [0.2, 0.25) is 0 Å². The van der Waals surface area contributed by atoms with Crippen molar-refractivity contribution in [3.63, 3.8) is 0 Å². The third-order valence-corrected chi connectivity index (χ3v) is 0. The van der Waals surface area contributed by atoms with Crippen molar-refractivity contribution >= 4 is 7.82 Å². The Bertz CT molecular complexity index is 82.3. The molecule has 0 amide bonds. The van der Waals surface area contributed by atoms with Crippen LogP contribution in [0.1, 0.15) is 5.71 Å². The Labute approximate surface area is 214 Å². The fraction of sp³-hybridized carbons (Fsp3) is 0. The molecular formula is H31Na4O16P. The van der Waals surface area contributed by atoms with Crippen LogP contribution in [0.4, 0.5) is 0 Å². The van der Waals surface area contributed by atoms with E-state index in [4.69, 9.17) is 19.2 Å². The van der Waals surface area contributed by atoms with E-state index in [0.717, 1.165) is 0 Å². The molecule has 0 aliphatic carbocycles. The summed E-state index contributed by atoms with van der Waals surface area (Å²) in [5, 5.41) is 0. The van der Waals surface area contributed by atoms with Gasteiger partial charge in [-0.3, -0.25) is 0 Å². The van der Waals surface area contributed by atoms with Crippen molar-refractivity contribution in [1.29, 1.82) is 0 Å². The van der Waals surface area contributed by atoms with Gasteiger partial charge in [0.15, 0.2) is 0 Å². The van der Waals surface area contributed by atoms with Crippen molar-refractivity contribution in [3.05, 3.63) is 0 Å². The van der Waals surface area contributed by atoms with Gasteiger partial charge in [-0.2, -0.15) is 0 Å². The van der Waals surface area contributed by atoms with Crippen LogP contribution in [-0.2, 0) is 4.57 Å². The molecule has 0 bridgehead atoms. The SMILES string of the molecule is O.O.O.O.O.O.O.O.O.O.O.O.O=P(O)(O)O.[H-].[H-].[H-].[H-].[Na+].[Na+].[Na+].[Na+]. The number of hydrogen-bond donors (Lipinski definition) is 3. The van der Waals surface area contributed by atoms with E-state index in [1.807, 2.05) is 0 Å². The van der Waals surface area contributed by atoms with Crippen molar-refractivity contribution in [2.24, 2.45) is 0 Å². The van der Waals surface area contributed by atoms with Gasteiger partial charge in [0.25, 0.3) is 0 Å². The van der Waals surface area contributed by atoms with Crippen LogP contribution in [0.5, 0.6) is 0 Å². The summed E-state index contributed by atoms with van der Waals surface area (Å²) in [6.45, 7) is 0. The van der Waals surface area contributed by atoms with Gasteiger partial charge < -0.3 is 86.1 Å². The molecule has 21 heavy (non-hydrogen) atoms. The van der Waals surface area contributed by atoms with E-state index in [9.17, 15) is 0 Å². The zero-order valence-electron chi connectivity index (χ0n) is 16.2. The van der Waals surface area contributed by atoms with Gasteiger partial charge in [-0.15, -0.1) is 0 Å². The predicted molar refractivity (Wildman–Crippen MR) is 62.1 cm³/mol. The van der Waals surface area contributed by atoms with E-state index in [0.29, 0.717) is 0 Å². The number of hydrogen-bond acceptors (Lipinski definition) is 1. The van der Waals surface area contributed by atoms with Crippen LogP contribution < -0.4 is 118 Å². The summed E-state index contributed by atoms with van der Waals surface area (Å²) in [6.07, 6.45) is 0. The maximum atomic E-state index is 8.88. The third kappa shape index (κ3) is 839. The standard InChI is InChI=1S/4Na.H3O4P.12H2O.4H/c;;;;1-5(2,3)4;;;;;;;;;;;;;;;;/h;;;;(H3,1,2,3,4);12*1H2;;;;/q4*+1;;;;;;;;;;;;;;4*-1. The quantitative estimate of drug-likeness (QED) is 0.258. The molecule has 0 radical (unpaired) electrons. The Balaban J connectivity index is -0.000000000421. The Morgan fingerprint density at radius 1 is 0.429 bits per heavy atom. The summed E-state index contributed by atoms with van der Waals surface area (Å²) < 4.78 is 8.88. The van der Waals surface area contributed by atoms with Crippen LogP contribution in [0, 0.1) is 0 Å². The molecule has 0 saturated heterocycles. The van der Waals surface area contributed by atoms with Crippen LogP contribution in [0.25, 0.3) is 0 Å². The number of rotatable bonds is 0. The first-order valence-electron chi connectivity index (χ1n) is 0.783. The van der Waals surface area contributed by atoms with Crippen LogP contribution in [-0.4, -0.2) is 80.4 Å². The minimum atomic E-state index is -4.64. The van der Waals surface area contributed by atoms with Gasteiger partial charge in [0.05, 0.1) is 0 Å². The van der Waals surface area contributed by atoms with E-state index in [2.05, 4.69) is 0 Å². The number of phosphoric acid groups is 1. The molecule has 0 aliphatic rings. The van der Waals surface area contributed by atoms with Gasteiger partial charge in [-0.25, -0.2) is 4.57 Å². The van der Waals surface area contributed by atoms with E-state index in [-0.39, 0.29) is 190 Å². The summed E-state index contributed by atoms with van der Waals surface area (Å²) >= 11 is 0. The molecule has 0 spiro atoms. The van der Waals surface area contributed by atoms with Gasteiger partial charge in [0.2, 0.25) is 0 Å². The first-order chi connectivity index (χ1) is 2.00. The molecule has 21 heteroatoms. The molecule has 0 aromatic heterocycles. The smallest absolute Gasteiger partial charge is 1.00 e. The maximum Gasteiger partial charge on any atom is 1.00 e. The minimum Gasteiger partial charge on any atom is -1.00 e. The summed E-state index contributed by atoms with van der Waals surface area (Å²) in [7, 11) is -4.64. The van der Waals surface area contributed by atoms with Gasteiger partial charge in [0, 0.05) is 0 Å². The molecular weight excluding hydrogens is 379 g/mol. The predicted octanol–water partition coefficient (Wildman–Crippen LogP) is -22.4. The second-order valence-electron chi connectivity index (χ2n) is 0.513. The van der Waals surface area contributed by atoms with Gasteiger partial charge in [0.1, 0.15) is 0 Å². The molecule has 16 nitrogen and oxygen atoms in total. The van der Waals surface area contributed by atoms with Crippen LogP contribution in [0.15, 0.2) is 0 Å². The maximum absolute atomic E-state index is 8.88. The van der Waals surface area contributed by atoms with Crippen molar-refractivity contribution in [2.45, 2.75) is 0 Å². The monoisotopic (exact) mass is 410 g/mol. The molecule has 0 fully saturated rings. The van der Waals surface area contributed by atoms with Gasteiger partial charge in [-0.1, -0.05) is 0 Å². The summed E-state index contributed by atoms with van der Waals surface area (Å²) in [5.74, 6) is 0. The van der Waals surface area contributed by atoms with Crippen molar-refractivity contribution < 1.29 is 209 Å². The van der Waals surface area contributed by atoms with Crippen molar-refractivity contribution in [1.82, 2.24) is 0 Å². The van der Waals surface area contributed by atoms with E-state index in [1.54, 1.807) is 0 Å². The third-order valence-electron chi connectivity index (χ3n) is 0. The molecule has 0 aliphatic heterocycles. The molecule has 0 unspecified atom stereocenters. The van der Waals surface area contributed by atoms with Crippen LogP contribution in [0.3, 0.4) is 0 Å². The Morgan fingerprint density at radius 3 is 0.429 bits per heavy atom. The minimum absolute atomic E-state index is 0. The van der Waals surface area contributed by atoms with Crippen molar-refractivity contribution in [2.75, 3.05) is 0 Å². The Hall–Kier alpha value is 3.63. The summed E-state index contributed by atoms with van der Waals surface area (Å²) in [5.41, 5.74) is 0. The second kappa shape index (κ2) is 130. The first-order valence-corrected chi connectivity index (χ1v) is 2.35. The second-order valence-corrected chi connectivity index (χ2v) is 1.54. The van der Waals surface area contributed by atoms with E-state index >= 15 is 0 Å². The zero-order valence-corrected chi connectivity index (χ0v) is 21.1. The summed E-state index contributed by atoms with van der Waals surface area (Å²) in [4.78, 5) is 21.6. The Kier molecular flexibility index (Phi) is 1470. The molecule has 27 N–H and O–H groups in total. The van der Waals surface area contributed by atoms with Crippen LogP contribution >= 0.6 is 7.82 Å². The van der Waals surface area contributed by atoms with E-state index < -0.39 is 7.82 Å². The zero-order chi connectivity index (χ0) is 4.50. The fourth-order valence-electron chi connectivity index (χ4n) is 0. The molecule has 0 aromatic rings. The normalized spacial score (nSPS) is 2.81.